The lowest BCUT2D eigenvalue weighted by Crippen LogP contribution is -2.41. The molecule has 5 nitrogen and oxygen atoms in total. The molecule has 1 aromatic carbocycles. The zero-order valence-electron chi connectivity index (χ0n) is 13.8. The number of likely N-dealkylation sites (tertiary alicyclic amines) is 1. The molecule has 0 aromatic heterocycles. The molecule has 1 fully saturated rings. The van der Waals surface area contributed by atoms with Crippen molar-refractivity contribution in [3.63, 3.8) is 0 Å². The summed E-state index contributed by atoms with van der Waals surface area (Å²) in [6, 6.07) is 8.00. The van der Waals surface area contributed by atoms with E-state index in [0.29, 0.717) is 13.0 Å². The molecule has 0 bridgehead atoms. The lowest BCUT2D eigenvalue weighted by atomic mass is 10.1. The van der Waals surface area contributed by atoms with E-state index >= 15 is 0 Å². The van der Waals surface area contributed by atoms with Crippen molar-refractivity contribution < 1.29 is 14.3 Å². The van der Waals surface area contributed by atoms with Crippen LogP contribution in [0, 0.1) is 6.92 Å². The minimum Gasteiger partial charge on any atom is -0.463 e. The Hall–Kier alpha value is -2.04. The Labute approximate surface area is 137 Å². The Bertz CT molecular complexity index is 528. The Morgan fingerprint density at radius 1 is 1.26 bits per heavy atom. The number of hydrogen-bond acceptors (Lipinski definition) is 3. The molecule has 2 N–H and O–H groups in total. The van der Waals surface area contributed by atoms with Crippen LogP contribution in [-0.4, -0.2) is 36.1 Å². The summed E-state index contributed by atoms with van der Waals surface area (Å²) < 4.78 is 5.29. The Morgan fingerprint density at radius 2 is 2.00 bits per heavy atom. The minimum atomic E-state index is -0.429. The van der Waals surface area contributed by atoms with E-state index < -0.39 is 6.03 Å². The van der Waals surface area contributed by atoms with Crippen molar-refractivity contribution in [3.8, 4) is 0 Å². The molecule has 0 radical (unpaired) electrons. The van der Waals surface area contributed by atoms with Gasteiger partial charge >= 0.3 is 12.0 Å². The number of carbonyl (C=O) groups is 2. The summed E-state index contributed by atoms with van der Waals surface area (Å²) in [6.07, 6.45) is 4.96. The number of ether oxygens (including phenoxy) is 1. The van der Waals surface area contributed by atoms with E-state index in [4.69, 9.17) is 10.5 Å². The number of nitrogens with zero attached hydrogens (tertiary/aromatic N) is 1. The van der Waals surface area contributed by atoms with Gasteiger partial charge in [-0.1, -0.05) is 29.8 Å². The second-order valence-corrected chi connectivity index (χ2v) is 6.20. The average Bonchev–Trinajstić information content (AvgIpc) is 3.00. The monoisotopic (exact) mass is 318 g/mol. The number of nitrogens with two attached hydrogens (primary N) is 1. The molecule has 2 rings (SSSR count). The van der Waals surface area contributed by atoms with E-state index in [1.165, 1.54) is 11.1 Å². The van der Waals surface area contributed by atoms with Gasteiger partial charge in [-0.2, -0.15) is 0 Å². The van der Waals surface area contributed by atoms with Gasteiger partial charge in [-0.05, 0) is 44.6 Å². The summed E-state index contributed by atoms with van der Waals surface area (Å²) in [5.41, 5.74) is 7.86. The number of rotatable bonds is 7. The topological polar surface area (TPSA) is 72.6 Å². The van der Waals surface area contributed by atoms with E-state index in [-0.39, 0.29) is 18.6 Å². The fourth-order valence-corrected chi connectivity index (χ4v) is 2.91. The van der Waals surface area contributed by atoms with Gasteiger partial charge in [0.2, 0.25) is 0 Å². The van der Waals surface area contributed by atoms with Gasteiger partial charge in [-0.3, -0.25) is 4.79 Å². The number of amides is 2. The minimum absolute atomic E-state index is 0.0518. The number of urea groups is 1. The molecule has 2 amide bonds. The van der Waals surface area contributed by atoms with Crippen LogP contribution >= 0.6 is 0 Å². The van der Waals surface area contributed by atoms with Crippen LogP contribution in [0.3, 0.4) is 0 Å². The van der Waals surface area contributed by atoms with Crippen molar-refractivity contribution in [1.29, 1.82) is 0 Å². The van der Waals surface area contributed by atoms with Crippen LogP contribution in [0.4, 0.5) is 4.79 Å². The van der Waals surface area contributed by atoms with E-state index in [1.54, 1.807) is 4.90 Å². The highest BCUT2D eigenvalue weighted by molar-refractivity contribution is 5.73. The van der Waals surface area contributed by atoms with Crippen LogP contribution in [0.2, 0.25) is 0 Å². The number of carbonyl (C=O) groups excluding carboxylic acids is 2. The van der Waals surface area contributed by atoms with E-state index in [9.17, 15) is 9.59 Å². The highest BCUT2D eigenvalue weighted by atomic mass is 16.5. The number of aryl methyl sites for hydroxylation is 2. The maximum absolute atomic E-state index is 11.8. The fraction of sp³-hybridized carbons (Fsp3) is 0.556. The first-order valence-corrected chi connectivity index (χ1v) is 8.33. The summed E-state index contributed by atoms with van der Waals surface area (Å²) >= 11 is 0. The van der Waals surface area contributed by atoms with Gasteiger partial charge in [0, 0.05) is 13.0 Å². The van der Waals surface area contributed by atoms with Crippen LogP contribution in [-0.2, 0) is 16.0 Å². The lowest BCUT2D eigenvalue weighted by molar-refractivity contribution is -0.145. The molecule has 126 valence electrons. The first-order valence-electron chi connectivity index (χ1n) is 8.33. The normalized spacial score (nSPS) is 17.3. The molecule has 1 atom stereocenters. The zero-order valence-corrected chi connectivity index (χ0v) is 13.8. The second-order valence-electron chi connectivity index (χ2n) is 6.20. The molecule has 0 saturated carbocycles. The van der Waals surface area contributed by atoms with Gasteiger partial charge in [-0.25, -0.2) is 4.79 Å². The Kier molecular flexibility index (Phi) is 6.44. The molecule has 5 heteroatoms. The second kappa shape index (κ2) is 8.56. The van der Waals surface area contributed by atoms with Crippen LogP contribution in [0.5, 0.6) is 0 Å². The molecule has 1 aliphatic heterocycles. The molecule has 0 spiro atoms. The van der Waals surface area contributed by atoms with Gasteiger partial charge in [0.15, 0.2) is 0 Å². The number of hydrogen-bond donors (Lipinski definition) is 1. The van der Waals surface area contributed by atoms with Crippen molar-refractivity contribution in [2.24, 2.45) is 5.73 Å². The standard InChI is InChI=1S/C18H26N2O3/c1-14-8-10-15(11-9-14)5-2-3-7-17(21)23-13-16-6-4-12-20(16)18(19)22/h8-11,16H,2-7,12-13H2,1H3,(H2,19,22)/t16-/m1/s1. The molecule has 1 saturated heterocycles. The van der Waals surface area contributed by atoms with E-state index in [0.717, 1.165) is 32.1 Å². The predicted octanol–water partition coefficient (Wildman–Crippen LogP) is 2.79. The SMILES string of the molecule is Cc1ccc(CCCCC(=O)OC[C@H]2CCCN2C(N)=O)cc1. The molecular formula is C18H26N2O3. The maximum atomic E-state index is 11.8. The first-order chi connectivity index (χ1) is 11.1. The van der Waals surface area contributed by atoms with E-state index in [2.05, 4.69) is 31.2 Å². The summed E-state index contributed by atoms with van der Waals surface area (Å²) in [5, 5.41) is 0. The quantitative estimate of drug-likeness (QED) is 0.620. The Morgan fingerprint density at radius 3 is 2.70 bits per heavy atom. The zero-order chi connectivity index (χ0) is 16.7. The molecular weight excluding hydrogens is 292 g/mol. The van der Waals surface area contributed by atoms with Crippen molar-refractivity contribution in [3.05, 3.63) is 35.4 Å². The van der Waals surface area contributed by atoms with Crippen LogP contribution in [0.25, 0.3) is 0 Å². The van der Waals surface area contributed by atoms with Gasteiger partial charge in [0.25, 0.3) is 0 Å². The molecule has 1 heterocycles. The third kappa shape index (κ3) is 5.58. The molecule has 1 aromatic rings. The van der Waals surface area contributed by atoms with Crippen molar-refractivity contribution in [2.75, 3.05) is 13.2 Å². The number of esters is 1. The third-order valence-corrected chi connectivity index (χ3v) is 4.31. The number of benzene rings is 1. The van der Waals surface area contributed by atoms with Crippen LogP contribution in [0.1, 0.15) is 43.2 Å². The van der Waals surface area contributed by atoms with Crippen molar-refractivity contribution in [2.45, 2.75) is 51.5 Å². The van der Waals surface area contributed by atoms with Crippen LogP contribution in [0.15, 0.2) is 24.3 Å². The molecule has 23 heavy (non-hydrogen) atoms. The van der Waals surface area contributed by atoms with Crippen molar-refractivity contribution in [1.82, 2.24) is 4.90 Å². The first kappa shape index (κ1) is 17.3. The highest BCUT2D eigenvalue weighted by Gasteiger charge is 2.28. The third-order valence-electron chi connectivity index (χ3n) is 4.31. The fourth-order valence-electron chi connectivity index (χ4n) is 2.91. The molecule has 0 aliphatic carbocycles. The van der Waals surface area contributed by atoms with Crippen LogP contribution < -0.4 is 5.73 Å². The molecule has 1 aliphatic rings. The van der Waals surface area contributed by atoms with Gasteiger partial charge < -0.3 is 15.4 Å². The Balaban J connectivity index is 1.60. The summed E-state index contributed by atoms with van der Waals surface area (Å²) in [7, 11) is 0. The lowest BCUT2D eigenvalue weighted by Gasteiger charge is -2.22. The van der Waals surface area contributed by atoms with Crippen molar-refractivity contribution >= 4 is 12.0 Å². The largest absolute Gasteiger partial charge is 0.463 e. The number of primary amides is 1. The van der Waals surface area contributed by atoms with E-state index in [1.807, 2.05) is 0 Å². The van der Waals surface area contributed by atoms with Gasteiger partial charge in [0.1, 0.15) is 6.61 Å². The smallest absolute Gasteiger partial charge is 0.315 e. The average molecular weight is 318 g/mol. The summed E-state index contributed by atoms with van der Waals surface area (Å²) in [6.45, 7) is 3.00. The van der Waals surface area contributed by atoms with Gasteiger partial charge in [-0.15, -0.1) is 0 Å². The summed E-state index contributed by atoms with van der Waals surface area (Å²) in [4.78, 5) is 24.6. The number of unbranched alkanes of at least 4 members (excludes halogenated alkanes) is 1. The van der Waals surface area contributed by atoms with Gasteiger partial charge in [0.05, 0.1) is 6.04 Å². The maximum Gasteiger partial charge on any atom is 0.315 e. The molecule has 0 unspecified atom stereocenters. The highest BCUT2D eigenvalue weighted by Crippen LogP contribution is 2.17. The predicted molar refractivity (Wildman–Crippen MR) is 89.0 cm³/mol. The summed E-state index contributed by atoms with van der Waals surface area (Å²) in [5.74, 6) is -0.190.